The zero-order valence-electron chi connectivity index (χ0n) is 16.0. The molecule has 0 aliphatic rings. The van der Waals surface area contributed by atoms with Gasteiger partial charge in [0.25, 0.3) is 5.91 Å². The number of methoxy groups -OCH3 is 3. The van der Waals surface area contributed by atoms with Gasteiger partial charge in [0, 0.05) is 23.5 Å². The van der Waals surface area contributed by atoms with Crippen molar-refractivity contribution in [2.45, 2.75) is 0 Å². The number of nitrogens with zero attached hydrogens (tertiary/aromatic N) is 2. The van der Waals surface area contributed by atoms with E-state index in [-0.39, 0.29) is 11.5 Å². The summed E-state index contributed by atoms with van der Waals surface area (Å²) in [4.78, 5) is 12.5. The summed E-state index contributed by atoms with van der Waals surface area (Å²) in [7, 11) is 4.47. The van der Waals surface area contributed by atoms with E-state index in [0.29, 0.717) is 34.4 Å². The Bertz CT molecular complexity index is 969. The highest BCUT2D eigenvalue weighted by Crippen LogP contribution is 2.40. The van der Waals surface area contributed by atoms with Crippen molar-refractivity contribution in [1.29, 1.82) is 0 Å². The standard InChI is InChI=1S/C20H19FN4O4/c1-27-16-10-14(11-17(28-2)19(16)29-3)23-20(26)15-8-9-18(25-24-15)22-13-6-4-12(21)5-7-13/h4-11H,1-3H3,(H,22,25)(H,23,26). The molecule has 0 radical (unpaired) electrons. The van der Waals surface area contributed by atoms with E-state index >= 15 is 0 Å². The second-order valence-electron chi connectivity index (χ2n) is 5.80. The minimum absolute atomic E-state index is 0.114. The van der Waals surface area contributed by atoms with E-state index in [1.807, 2.05) is 0 Å². The van der Waals surface area contributed by atoms with Gasteiger partial charge in [-0.3, -0.25) is 4.79 Å². The van der Waals surface area contributed by atoms with Gasteiger partial charge in [-0.25, -0.2) is 4.39 Å². The summed E-state index contributed by atoms with van der Waals surface area (Å²) >= 11 is 0. The van der Waals surface area contributed by atoms with Crippen LogP contribution in [0.5, 0.6) is 17.2 Å². The first-order valence-corrected chi connectivity index (χ1v) is 8.51. The second-order valence-corrected chi connectivity index (χ2v) is 5.80. The number of halogens is 1. The van der Waals surface area contributed by atoms with E-state index in [1.54, 1.807) is 30.3 Å². The summed E-state index contributed by atoms with van der Waals surface area (Å²) in [5.41, 5.74) is 1.21. The summed E-state index contributed by atoms with van der Waals surface area (Å²) < 4.78 is 28.8. The lowest BCUT2D eigenvalue weighted by Crippen LogP contribution is -2.15. The molecule has 2 aromatic carbocycles. The molecule has 29 heavy (non-hydrogen) atoms. The molecule has 0 saturated heterocycles. The predicted octanol–water partition coefficient (Wildman–Crippen LogP) is 3.64. The van der Waals surface area contributed by atoms with Crippen LogP contribution in [-0.4, -0.2) is 37.4 Å². The number of benzene rings is 2. The molecule has 0 atom stereocenters. The number of carbonyl (C=O) groups is 1. The smallest absolute Gasteiger partial charge is 0.276 e. The average molecular weight is 398 g/mol. The SMILES string of the molecule is COc1cc(NC(=O)c2ccc(Nc3ccc(F)cc3)nn2)cc(OC)c1OC. The highest BCUT2D eigenvalue weighted by Gasteiger charge is 2.16. The Morgan fingerprint density at radius 2 is 1.52 bits per heavy atom. The second kappa shape index (κ2) is 8.87. The minimum Gasteiger partial charge on any atom is -0.493 e. The quantitative estimate of drug-likeness (QED) is 0.627. The maximum Gasteiger partial charge on any atom is 0.276 e. The van der Waals surface area contributed by atoms with E-state index in [4.69, 9.17) is 14.2 Å². The summed E-state index contributed by atoms with van der Waals surface area (Å²) in [6.45, 7) is 0. The molecule has 3 rings (SSSR count). The number of anilines is 3. The van der Waals surface area contributed by atoms with Gasteiger partial charge in [-0.15, -0.1) is 10.2 Å². The Morgan fingerprint density at radius 1 is 0.862 bits per heavy atom. The molecule has 0 aliphatic carbocycles. The van der Waals surface area contributed by atoms with Crippen LogP contribution in [-0.2, 0) is 0 Å². The zero-order chi connectivity index (χ0) is 20.8. The van der Waals surface area contributed by atoms with Gasteiger partial charge in [0.05, 0.1) is 21.3 Å². The van der Waals surface area contributed by atoms with Gasteiger partial charge >= 0.3 is 0 Å². The molecular weight excluding hydrogens is 379 g/mol. The maximum atomic E-state index is 13.0. The fourth-order valence-electron chi connectivity index (χ4n) is 2.55. The number of hydrogen-bond acceptors (Lipinski definition) is 7. The van der Waals surface area contributed by atoms with Crippen LogP contribution in [0.3, 0.4) is 0 Å². The Labute approximate surface area is 166 Å². The Kier molecular flexibility index (Phi) is 6.08. The summed E-state index contributed by atoms with van der Waals surface area (Å²) in [6, 6.07) is 12.1. The van der Waals surface area contributed by atoms with E-state index in [9.17, 15) is 9.18 Å². The van der Waals surface area contributed by atoms with Gasteiger partial charge in [0.1, 0.15) is 5.82 Å². The molecule has 0 saturated carbocycles. The van der Waals surface area contributed by atoms with Crippen LogP contribution in [0, 0.1) is 5.82 Å². The van der Waals surface area contributed by atoms with Crippen molar-refractivity contribution in [2.75, 3.05) is 32.0 Å². The molecule has 0 spiro atoms. The van der Waals surface area contributed by atoms with Crippen LogP contribution < -0.4 is 24.8 Å². The van der Waals surface area contributed by atoms with E-state index in [2.05, 4.69) is 20.8 Å². The molecule has 150 valence electrons. The van der Waals surface area contributed by atoms with Crippen LogP contribution in [0.2, 0.25) is 0 Å². The van der Waals surface area contributed by atoms with E-state index in [0.717, 1.165) is 0 Å². The molecule has 8 nitrogen and oxygen atoms in total. The van der Waals surface area contributed by atoms with Crippen molar-refractivity contribution in [1.82, 2.24) is 10.2 Å². The third-order valence-corrected chi connectivity index (χ3v) is 3.94. The molecule has 1 heterocycles. The minimum atomic E-state index is -0.458. The van der Waals surface area contributed by atoms with Crippen molar-refractivity contribution in [3.8, 4) is 17.2 Å². The predicted molar refractivity (Wildman–Crippen MR) is 106 cm³/mol. The van der Waals surface area contributed by atoms with Gasteiger partial charge in [-0.1, -0.05) is 0 Å². The normalized spacial score (nSPS) is 10.2. The Balaban J connectivity index is 1.73. The van der Waals surface area contributed by atoms with Gasteiger partial charge < -0.3 is 24.8 Å². The maximum absolute atomic E-state index is 13.0. The molecule has 1 aromatic heterocycles. The molecule has 0 aliphatic heterocycles. The molecule has 2 N–H and O–H groups in total. The third-order valence-electron chi connectivity index (χ3n) is 3.94. The number of carbonyl (C=O) groups excluding carboxylic acids is 1. The average Bonchev–Trinajstić information content (AvgIpc) is 2.75. The van der Waals surface area contributed by atoms with Gasteiger partial charge in [0.15, 0.2) is 23.0 Å². The first kappa shape index (κ1) is 19.9. The monoisotopic (exact) mass is 398 g/mol. The van der Waals surface area contributed by atoms with Crippen LogP contribution in [0.25, 0.3) is 0 Å². The molecule has 0 unspecified atom stereocenters. The Hall–Kier alpha value is -3.88. The highest BCUT2D eigenvalue weighted by molar-refractivity contribution is 6.03. The molecule has 3 aromatic rings. The summed E-state index contributed by atoms with van der Waals surface area (Å²) in [5.74, 6) is 0.865. The van der Waals surface area contributed by atoms with Crippen LogP contribution in [0.4, 0.5) is 21.6 Å². The lowest BCUT2D eigenvalue weighted by Gasteiger charge is -2.14. The largest absolute Gasteiger partial charge is 0.493 e. The summed E-state index contributed by atoms with van der Waals surface area (Å²) in [5, 5.41) is 13.6. The van der Waals surface area contributed by atoms with Crippen molar-refractivity contribution >= 4 is 23.1 Å². The molecular formula is C20H19FN4O4. The lowest BCUT2D eigenvalue weighted by atomic mass is 10.2. The molecule has 9 heteroatoms. The number of rotatable bonds is 7. The van der Waals surface area contributed by atoms with Crippen LogP contribution in [0.15, 0.2) is 48.5 Å². The topological polar surface area (TPSA) is 94.6 Å². The molecule has 1 amide bonds. The molecule has 0 bridgehead atoms. The summed E-state index contributed by atoms with van der Waals surface area (Å²) in [6.07, 6.45) is 0. The first-order valence-electron chi connectivity index (χ1n) is 8.51. The first-order chi connectivity index (χ1) is 14.0. The van der Waals surface area contributed by atoms with Crippen molar-refractivity contribution in [3.63, 3.8) is 0 Å². The van der Waals surface area contributed by atoms with Gasteiger partial charge in [-0.05, 0) is 36.4 Å². The van der Waals surface area contributed by atoms with Crippen molar-refractivity contribution in [3.05, 3.63) is 60.0 Å². The van der Waals surface area contributed by atoms with Crippen molar-refractivity contribution in [2.24, 2.45) is 0 Å². The number of hydrogen-bond donors (Lipinski definition) is 2. The van der Waals surface area contributed by atoms with Crippen LogP contribution >= 0.6 is 0 Å². The highest BCUT2D eigenvalue weighted by atomic mass is 19.1. The Morgan fingerprint density at radius 3 is 2.03 bits per heavy atom. The molecule has 0 fully saturated rings. The van der Waals surface area contributed by atoms with E-state index < -0.39 is 5.91 Å². The number of aromatic nitrogens is 2. The number of ether oxygens (including phenoxy) is 3. The van der Waals surface area contributed by atoms with Crippen molar-refractivity contribution < 1.29 is 23.4 Å². The zero-order valence-corrected chi connectivity index (χ0v) is 16.0. The fraction of sp³-hybridized carbons (Fsp3) is 0.150. The van der Waals surface area contributed by atoms with E-state index in [1.165, 1.54) is 39.5 Å². The van der Waals surface area contributed by atoms with Gasteiger partial charge in [0.2, 0.25) is 5.75 Å². The lowest BCUT2D eigenvalue weighted by molar-refractivity contribution is 0.102. The fourth-order valence-corrected chi connectivity index (χ4v) is 2.55. The third kappa shape index (κ3) is 4.70. The van der Waals surface area contributed by atoms with Gasteiger partial charge in [-0.2, -0.15) is 0 Å². The number of nitrogens with one attached hydrogen (secondary N) is 2. The number of amides is 1. The van der Waals surface area contributed by atoms with Crippen LogP contribution in [0.1, 0.15) is 10.5 Å².